The highest BCUT2D eigenvalue weighted by atomic mass is 16.5. The van der Waals surface area contributed by atoms with Crippen LogP contribution in [0.3, 0.4) is 0 Å². The third-order valence-electron chi connectivity index (χ3n) is 2.71. The Kier molecular flexibility index (Phi) is 2.07. The normalized spacial score (nSPS) is 20.9. The zero-order valence-corrected chi connectivity index (χ0v) is 8.36. The van der Waals surface area contributed by atoms with Gasteiger partial charge in [-0.2, -0.15) is 0 Å². The van der Waals surface area contributed by atoms with Gasteiger partial charge in [0.2, 0.25) is 0 Å². The lowest BCUT2D eigenvalue weighted by molar-refractivity contribution is 0.223. The standard InChI is InChI=1S/C11H13N3O/c1-2-10-11(14-7-13-10)5-8(1)15-9-3-4-12-6-9/h1-2,5,7,9,12H,3-4,6H2,(H,13,14). The predicted octanol–water partition coefficient (Wildman–Crippen LogP) is 1.30. The van der Waals surface area contributed by atoms with E-state index in [4.69, 9.17) is 4.74 Å². The highest BCUT2D eigenvalue weighted by Crippen LogP contribution is 2.20. The molecule has 0 amide bonds. The van der Waals surface area contributed by atoms with E-state index in [1.165, 1.54) is 0 Å². The van der Waals surface area contributed by atoms with Crippen LogP contribution in [0.1, 0.15) is 6.42 Å². The molecule has 1 aliphatic rings. The minimum absolute atomic E-state index is 0.311. The molecule has 1 aliphatic heterocycles. The molecule has 0 spiro atoms. The molecular weight excluding hydrogens is 190 g/mol. The van der Waals surface area contributed by atoms with E-state index in [0.717, 1.165) is 36.3 Å². The van der Waals surface area contributed by atoms with Gasteiger partial charge in [-0.3, -0.25) is 0 Å². The van der Waals surface area contributed by atoms with Gasteiger partial charge < -0.3 is 15.0 Å². The number of imidazole rings is 1. The number of hydrogen-bond acceptors (Lipinski definition) is 3. The Bertz CT molecular complexity index is 460. The number of aromatic nitrogens is 2. The molecule has 4 nitrogen and oxygen atoms in total. The topological polar surface area (TPSA) is 49.9 Å². The van der Waals surface area contributed by atoms with E-state index in [1.54, 1.807) is 6.33 Å². The molecule has 1 aromatic carbocycles. The number of ether oxygens (including phenoxy) is 1. The largest absolute Gasteiger partial charge is 0.489 e. The molecule has 0 saturated carbocycles. The lowest BCUT2D eigenvalue weighted by Crippen LogP contribution is -2.19. The molecule has 1 unspecified atom stereocenters. The summed E-state index contributed by atoms with van der Waals surface area (Å²) < 4.78 is 5.84. The number of hydrogen-bond donors (Lipinski definition) is 2. The van der Waals surface area contributed by atoms with Crippen molar-refractivity contribution in [3.63, 3.8) is 0 Å². The second-order valence-electron chi connectivity index (χ2n) is 3.81. The molecule has 2 aromatic rings. The predicted molar refractivity (Wildman–Crippen MR) is 58.0 cm³/mol. The molecule has 0 bridgehead atoms. The van der Waals surface area contributed by atoms with E-state index < -0.39 is 0 Å². The Labute approximate surface area is 87.7 Å². The second-order valence-corrected chi connectivity index (χ2v) is 3.81. The Morgan fingerprint density at radius 1 is 1.40 bits per heavy atom. The van der Waals surface area contributed by atoms with E-state index in [1.807, 2.05) is 18.2 Å². The fraction of sp³-hybridized carbons (Fsp3) is 0.364. The van der Waals surface area contributed by atoms with E-state index in [2.05, 4.69) is 15.3 Å². The van der Waals surface area contributed by atoms with Crippen molar-refractivity contribution in [1.29, 1.82) is 0 Å². The Morgan fingerprint density at radius 3 is 3.27 bits per heavy atom. The maximum Gasteiger partial charge on any atom is 0.122 e. The molecule has 1 fully saturated rings. The number of benzene rings is 1. The average Bonchev–Trinajstić information content (AvgIpc) is 2.87. The van der Waals surface area contributed by atoms with Crippen molar-refractivity contribution in [1.82, 2.24) is 15.3 Å². The first-order valence-electron chi connectivity index (χ1n) is 5.22. The number of aromatic amines is 1. The minimum atomic E-state index is 0.311. The van der Waals surface area contributed by atoms with Crippen LogP contribution in [-0.2, 0) is 0 Å². The van der Waals surface area contributed by atoms with Crippen LogP contribution in [0.15, 0.2) is 24.5 Å². The van der Waals surface area contributed by atoms with E-state index >= 15 is 0 Å². The summed E-state index contributed by atoms with van der Waals surface area (Å²) in [5, 5.41) is 3.28. The van der Waals surface area contributed by atoms with Gasteiger partial charge in [0.05, 0.1) is 17.4 Å². The van der Waals surface area contributed by atoms with Crippen molar-refractivity contribution in [3.05, 3.63) is 24.5 Å². The van der Waals surface area contributed by atoms with E-state index in [0.29, 0.717) is 6.10 Å². The van der Waals surface area contributed by atoms with Gasteiger partial charge in [0.25, 0.3) is 0 Å². The SMILES string of the molecule is c1nc2ccc(OC3CCNC3)cc2[nH]1. The van der Waals surface area contributed by atoms with Gasteiger partial charge >= 0.3 is 0 Å². The number of nitrogens with zero attached hydrogens (tertiary/aromatic N) is 1. The van der Waals surface area contributed by atoms with Crippen LogP contribution in [0.4, 0.5) is 0 Å². The molecule has 2 N–H and O–H groups in total. The van der Waals surface area contributed by atoms with Gasteiger partial charge in [0, 0.05) is 12.6 Å². The molecule has 0 radical (unpaired) electrons. The van der Waals surface area contributed by atoms with Gasteiger partial charge in [0.15, 0.2) is 0 Å². The highest BCUT2D eigenvalue weighted by molar-refractivity contribution is 5.75. The summed E-state index contributed by atoms with van der Waals surface area (Å²) in [6.45, 7) is 2.00. The molecule has 4 heteroatoms. The summed E-state index contributed by atoms with van der Waals surface area (Å²) in [4.78, 5) is 7.25. The highest BCUT2D eigenvalue weighted by Gasteiger charge is 2.15. The quantitative estimate of drug-likeness (QED) is 0.773. The molecule has 15 heavy (non-hydrogen) atoms. The maximum absolute atomic E-state index is 5.84. The maximum atomic E-state index is 5.84. The lowest BCUT2D eigenvalue weighted by Gasteiger charge is -2.11. The molecule has 1 aromatic heterocycles. The van der Waals surface area contributed by atoms with Crippen molar-refractivity contribution < 1.29 is 4.74 Å². The van der Waals surface area contributed by atoms with Crippen LogP contribution in [0.2, 0.25) is 0 Å². The van der Waals surface area contributed by atoms with Gasteiger partial charge in [-0.15, -0.1) is 0 Å². The fourth-order valence-corrected chi connectivity index (χ4v) is 1.91. The van der Waals surface area contributed by atoms with Crippen LogP contribution in [0.25, 0.3) is 11.0 Å². The number of rotatable bonds is 2. The first kappa shape index (κ1) is 8.73. The summed E-state index contributed by atoms with van der Waals surface area (Å²) >= 11 is 0. The van der Waals surface area contributed by atoms with Crippen molar-refractivity contribution in [2.24, 2.45) is 0 Å². The van der Waals surface area contributed by atoms with Crippen molar-refractivity contribution >= 4 is 11.0 Å². The second kappa shape index (κ2) is 3.55. The van der Waals surface area contributed by atoms with Gasteiger partial charge in [-0.1, -0.05) is 0 Å². The van der Waals surface area contributed by atoms with Crippen molar-refractivity contribution in [2.75, 3.05) is 13.1 Å². The first-order chi connectivity index (χ1) is 7.42. The van der Waals surface area contributed by atoms with Gasteiger partial charge in [-0.25, -0.2) is 4.98 Å². The summed E-state index contributed by atoms with van der Waals surface area (Å²) in [6.07, 6.45) is 3.09. The van der Waals surface area contributed by atoms with Gasteiger partial charge in [-0.05, 0) is 25.1 Å². The third kappa shape index (κ3) is 1.68. The molecular formula is C11H13N3O. The minimum Gasteiger partial charge on any atom is -0.489 e. The zero-order valence-electron chi connectivity index (χ0n) is 8.36. The lowest BCUT2D eigenvalue weighted by atomic mass is 10.3. The summed E-state index contributed by atoms with van der Waals surface area (Å²) in [6, 6.07) is 5.95. The van der Waals surface area contributed by atoms with Crippen LogP contribution >= 0.6 is 0 Å². The number of H-pyrrole nitrogens is 1. The smallest absolute Gasteiger partial charge is 0.122 e. The monoisotopic (exact) mass is 203 g/mol. The number of fused-ring (bicyclic) bond motifs is 1. The van der Waals surface area contributed by atoms with Crippen LogP contribution in [-0.4, -0.2) is 29.2 Å². The van der Waals surface area contributed by atoms with E-state index in [-0.39, 0.29) is 0 Å². The summed E-state index contributed by atoms with van der Waals surface area (Å²) in [7, 11) is 0. The summed E-state index contributed by atoms with van der Waals surface area (Å²) in [5.74, 6) is 0.917. The molecule has 1 atom stereocenters. The molecule has 2 heterocycles. The first-order valence-corrected chi connectivity index (χ1v) is 5.22. The Morgan fingerprint density at radius 2 is 2.40 bits per heavy atom. The summed E-state index contributed by atoms with van der Waals surface area (Å²) in [5.41, 5.74) is 2.00. The van der Waals surface area contributed by atoms with Crippen molar-refractivity contribution in [2.45, 2.75) is 12.5 Å². The fourth-order valence-electron chi connectivity index (χ4n) is 1.91. The Balaban J connectivity index is 1.84. The zero-order chi connectivity index (χ0) is 10.1. The Hall–Kier alpha value is -1.55. The van der Waals surface area contributed by atoms with Crippen molar-refractivity contribution in [3.8, 4) is 5.75 Å². The van der Waals surface area contributed by atoms with Crippen LogP contribution < -0.4 is 10.1 Å². The van der Waals surface area contributed by atoms with Crippen LogP contribution in [0, 0.1) is 0 Å². The molecule has 0 aliphatic carbocycles. The molecule has 1 saturated heterocycles. The molecule has 3 rings (SSSR count). The average molecular weight is 203 g/mol. The van der Waals surface area contributed by atoms with Crippen LogP contribution in [0.5, 0.6) is 5.75 Å². The third-order valence-corrected chi connectivity index (χ3v) is 2.71. The van der Waals surface area contributed by atoms with Gasteiger partial charge in [0.1, 0.15) is 11.9 Å². The van der Waals surface area contributed by atoms with E-state index in [9.17, 15) is 0 Å². The number of nitrogens with one attached hydrogen (secondary N) is 2. The molecule has 78 valence electrons.